The van der Waals surface area contributed by atoms with Crippen molar-refractivity contribution < 1.29 is 0 Å². The largest absolute Gasteiger partial charge is 0.397 e. The number of unbranched alkanes of at least 4 members (excludes halogenated alkanes) is 1. The first-order valence-corrected chi connectivity index (χ1v) is 7.06. The van der Waals surface area contributed by atoms with Gasteiger partial charge in [-0.1, -0.05) is 33.1 Å². The van der Waals surface area contributed by atoms with Gasteiger partial charge in [-0.15, -0.1) is 11.3 Å². The summed E-state index contributed by atoms with van der Waals surface area (Å²) in [6, 6.07) is 3.96. The van der Waals surface area contributed by atoms with Crippen LogP contribution >= 0.6 is 11.3 Å². The Morgan fingerprint density at radius 2 is 2.29 bits per heavy atom. The van der Waals surface area contributed by atoms with Crippen LogP contribution in [0.4, 0.5) is 10.7 Å². The Morgan fingerprint density at radius 1 is 1.53 bits per heavy atom. The molecule has 0 saturated carbocycles. The molecule has 3 N–H and O–H groups in total. The van der Waals surface area contributed by atoms with Crippen LogP contribution in [0, 0.1) is 17.2 Å². The topological polar surface area (TPSA) is 61.8 Å². The highest BCUT2D eigenvalue weighted by molar-refractivity contribution is 7.17. The zero-order valence-corrected chi connectivity index (χ0v) is 11.4. The Bertz CT molecular complexity index is 379. The van der Waals surface area contributed by atoms with E-state index in [1.807, 2.05) is 6.07 Å². The molecule has 0 aliphatic heterocycles. The molecule has 17 heavy (non-hydrogen) atoms. The Balaban J connectivity index is 2.45. The molecule has 1 atom stereocenters. The Morgan fingerprint density at radius 3 is 2.82 bits per heavy atom. The smallest absolute Gasteiger partial charge is 0.129 e. The summed E-state index contributed by atoms with van der Waals surface area (Å²) in [7, 11) is 0. The SMILES string of the molecule is CCCCC(CC)CNc1cc(N)c(C#N)s1. The van der Waals surface area contributed by atoms with E-state index < -0.39 is 0 Å². The lowest BCUT2D eigenvalue weighted by Crippen LogP contribution is -2.12. The van der Waals surface area contributed by atoms with Crippen molar-refractivity contribution in [1.82, 2.24) is 0 Å². The number of nitrogens with zero attached hydrogens (tertiary/aromatic N) is 1. The normalized spacial score (nSPS) is 12.1. The molecule has 0 fully saturated rings. The number of nitrogens with two attached hydrogens (primary N) is 1. The second-order valence-electron chi connectivity index (χ2n) is 4.30. The van der Waals surface area contributed by atoms with Crippen molar-refractivity contribution in [2.24, 2.45) is 5.92 Å². The van der Waals surface area contributed by atoms with E-state index in [4.69, 9.17) is 11.0 Å². The number of nitriles is 1. The van der Waals surface area contributed by atoms with Crippen LogP contribution in [0.5, 0.6) is 0 Å². The minimum atomic E-state index is 0.585. The lowest BCUT2D eigenvalue weighted by atomic mass is 9.99. The fraction of sp³-hybridized carbons (Fsp3) is 0.615. The summed E-state index contributed by atoms with van der Waals surface area (Å²) in [6.45, 7) is 5.42. The van der Waals surface area contributed by atoms with Gasteiger partial charge in [0.05, 0.1) is 10.7 Å². The van der Waals surface area contributed by atoms with Crippen LogP contribution < -0.4 is 11.1 Å². The van der Waals surface area contributed by atoms with Gasteiger partial charge in [0.1, 0.15) is 10.9 Å². The lowest BCUT2D eigenvalue weighted by Gasteiger charge is -2.14. The molecule has 0 radical (unpaired) electrons. The van der Waals surface area contributed by atoms with Crippen molar-refractivity contribution in [3.63, 3.8) is 0 Å². The molecular formula is C13H21N3S. The molecule has 0 aliphatic rings. The molecule has 1 aromatic rings. The van der Waals surface area contributed by atoms with E-state index in [1.54, 1.807) is 0 Å². The van der Waals surface area contributed by atoms with Crippen molar-refractivity contribution in [2.75, 3.05) is 17.6 Å². The third-order valence-electron chi connectivity index (χ3n) is 2.97. The van der Waals surface area contributed by atoms with Gasteiger partial charge in [0, 0.05) is 6.54 Å². The van der Waals surface area contributed by atoms with Gasteiger partial charge in [-0.25, -0.2) is 0 Å². The zero-order valence-electron chi connectivity index (χ0n) is 10.6. The fourth-order valence-corrected chi connectivity index (χ4v) is 2.55. The maximum Gasteiger partial charge on any atom is 0.129 e. The number of anilines is 2. The van der Waals surface area contributed by atoms with E-state index in [0.717, 1.165) is 11.5 Å². The number of hydrogen-bond acceptors (Lipinski definition) is 4. The average molecular weight is 251 g/mol. The van der Waals surface area contributed by atoms with Crippen LogP contribution in [0.3, 0.4) is 0 Å². The maximum absolute atomic E-state index is 8.82. The van der Waals surface area contributed by atoms with Gasteiger partial charge in [-0.3, -0.25) is 0 Å². The van der Waals surface area contributed by atoms with Crippen LogP contribution in [-0.2, 0) is 0 Å². The first-order valence-electron chi connectivity index (χ1n) is 6.24. The molecule has 0 aliphatic carbocycles. The average Bonchev–Trinajstić information content (AvgIpc) is 2.70. The Kier molecular flexibility index (Phi) is 5.85. The van der Waals surface area contributed by atoms with Gasteiger partial charge in [0.15, 0.2) is 0 Å². The second-order valence-corrected chi connectivity index (χ2v) is 5.36. The summed E-state index contributed by atoms with van der Waals surface area (Å²) < 4.78 is 0. The van der Waals surface area contributed by atoms with Crippen molar-refractivity contribution in [1.29, 1.82) is 5.26 Å². The van der Waals surface area contributed by atoms with Gasteiger partial charge in [0.2, 0.25) is 0 Å². The predicted molar refractivity (Wildman–Crippen MR) is 75.2 cm³/mol. The minimum Gasteiger partial charge on any atom is -0.397 e. The van der Waals surface area contributed by atoms with Crippen LogP contribution in [0.2, 0.25) is 0 Å². The van der Waals surface area contributed by atoms with E-state index in [1.165, 1.54) is 37.0 Å². The van der Waals surface area contributed by atoms with Crippen molar-refractivity contribution >= 4 is 22.0 Å². The quantitative estimate of drug-likeness (QED) is 0.774. The molecule has 1 aromatic heterocycles. The van der Waals surface area contributed by atoms with Crippen LogP contribution in [-0.4, -0.2) is 6.54 Å². The molecular weight excluding hydrogens is 230 g/mol. The molecule has 0 spiro atoms. The lowest BCUT2D eigenvalue weighted by molar-refractivity contribution is 0.473. The molecule has 1 rings (SSSR count). The Labute approximate surface area is 108 Å². The molecule has 0 bridgehead atoms. The van der Waals surface area contributed by atoms with Crippen molar-refractivity contribution in [3.8, 4) is 6.07 Å². The van der Waals surface area contributed by atoms with Gasteiger partial charge >= 0.3 is 0 Å². The van der Waals surface area contributed by atoms with E-state index >= 15 is 0 Å². The predicted octanol–water partition coefficient (Wildman–Crippen LogP) is 3.83. The second kappa shape index (κ2) is 7.18. The van der Waals surface area contributed by atoms with E-state index in [9.17, 15) is 0 Å². The van der Waals surface area contributed by atoms with E-state index in [0.29, 0.717) is 16.5 Å². The molecule has 1 unspecified atom stereocenters. The summed E-state index contributed by atoms with van der Waals surface area (Å²) >= 11 is 1.44. The number of nitrogen functional groups attached to an aromatic ring is 1. The highest BCUT2D eigenvalue weighted by Gasteiger charge is 2.08. The van der Waals surface area contributed by atoms with E-state index in [-0.39, 0.29) is 0 Å². The molecule has 0 amide bonds. The fourth-order valence-electron chi connectivity index (χ4n) is 1.77. The summed E-state index contributed by atoms with van der Waals surface area (Å²) in [5.41, 5.74) is 6.30. The zero-order chi connectivity index (χ0) is 12.7. The molecule has 0 aromatic carbocycles. The molecule has 94 valence electrons. The number of nitrogens with one attached hydrogen (secondary N) is 1. The molecule has 4 heteroatoms. The summed E-state index contributed by atoms with van der Waals surface area (Å²) in [6.07, 6.45) is 5.00. The first-order chi connectivity index (χ1) is 8.21. The standard InChI is InChI=1S/C13H21N3S/c1-3-5-6-10(4-2)9-16-13-7-11(15)12(8-14)17-13/h7,10,16H,3-6,9,15H2,1-2H3. The van der Waals surface area contributed by atoms with Gasteiger partial charge in [-0.05, 0) is 18.4 Å². The summed E-state index contributed by atoms with van der Waals surface area (Å²) in [5, 5.41) is 13.2. The highest BCUT2D eigenvalue weighted by atomic mass is 32.1. The number of thiophene rings is 1. The number of hydrogen-bond donors (Lipinski definition) is 2. The van der Waals surface area contributed by atoms with Gasteiger partial charge in [0.25, 0.3) is 0 Å². The maximum atomic E-state index is 8.82. The van der Waals surface area contributed by atoms with Gasteiger partial charge < -0.3 is 11.1 Å². The van der Waals surface area contributed by atoms with Crippen molar-refractivity contribution in [2.45, 2.75) is 39.5 Å². The third kappa shape index (κ3) is 4.27. The Hall–Kier alpha value is -1.21. The van der Waals surface area contributed by atoms with Crippen LogP contribution in [0.25, 0.3) is 0 Å². The van der Waals surface area contributed by atoms with Crippen LogP contribution in [0.1, 0.15) is 44.4 Å². The van der Waals surface area contributed by atoms with Crippen LogP contribution in [0.15, 0.2) is 6.07 Å². The van der Waals surface area contributed by atoms with Gasteiger partial charge in [-0.2, -0.15) is 5.26 Å². The van der Waals surface area contributed by atoms with E-state index in [2.05, 4.69) is 25.2 Å². The minimum absolute atomic E-state index is 0.585. The highest BCUT2D eigenvalue weighted by Crippen LogP contribution is 2.28. The molecule has 0 saturated heterocycles. The summed E-state index contributed by atoms with van der Waals surface area (Å²) in [4.78, 5) is 0.606. The molecule has 3 nitrogen and oxygen atoms in total. The third-order valence-corrected chi connectivity index (χ3v) is 3.98. The summed E-state index contributed by atoms with van der Waals surface area (Å²) in [5.74, 6) is 0.712. The molecule has 1 heterocycles. The number of rotatable bonds is 7. The first kappa shape index (κ1) is 13.9. The van der Waals surface area contributed by atoms with Crippen molar-refractivity contribution in [3.05, 3.63) is 10.9 Å². The monoisotopic (exact) mass is 251 g/mol.